The van der Waals surface area contributed by atoms with Crippen LogP contribution in [0.1, 0.15) is 36.2 Å². The van der Waals surface area contributed by atoms with Crippen LogP contribution in [0.15, 0.2) is 18.2 Å². The Bertz CT molecular complexity index is 396. The zero-order chi connectivity index (χ0) is 12.8. The monoisotopic (exact) mass is 240 g/mol. The number of amides is 1. The Morgan fingerprint density at radius 1 is 1.59 bits per heavy atom. The summed E-state index contributed by atoms with van der Waals surface area (Å²) in [6.07, 6.45) is 0.909. The molecule has 1 amide bonds. The molecule has 0 spiro atoms. The molecule has 3 N–H and O–H groups in total. The van der Waals surface area contributed by atoms with Gasteiger partial charge in [-0.1, -0.05) is 6.92 Å². The normalized spacial score (nSPS) is 12.2. The molecule has 1 aromatic rings. The van der Waals surface area contributed by atoms with Gasteiger partial charge in [0.25, 0.3) is 5.91 Å². The second kappa shape index (κ2) is 6.32. The molecule has 17 heavy (non-hydrogen) atoms. The quantitative estimate of drug-likeness (QED) is 0.468. The van der Waals surface area contributed by atoms with Gasteiger partial charge in [-0.2, -0.15) is 0 Å². The van der Waals surface area contributed by atoms with Crippen molar-refractivity contribution in [3.05, 3.63) is 35.1 Å². The van der Waals surface area contributed by atoms with E-state index in [9.17, 15) is 9.18 Å². The lowest BCUT2D eigenvalue weighted by molar-refractivity contribution is 0.0492. The number of nitrogens with one attached hydrogen (secondary N) is 1. The lowest BCUT2D eigenvalue weighted by Gasteiger charge is -2.11. The van der Waals surface area contributed by atoms with E-state index in [1.54, 1.807) is 0 Å². The molecule has 0 radical (unpaired) electrons. The highest BCUT2D eigenvalue weighted by Gasteiger charge is 2.09. The standard InChI is InChI=1S/C12H17FN2O2/c1-3-8(2)17-7-10-6-9(12(16)15-14)4-5-11(10)13/h4-6,8H,3,7,14H2,1-2H3,(H,15,16). The molecule has 1 atom stereocenters. The van der Waals surface area contributed by atoms with Gasteiger partial charge in [0.1, 0.15) is 5.82 Å². The summed E-state index contributed by atoms with van der Waals surface area (Å²) in [4.78, 5) is 11.3. The van der Waals surface area contributed by atoms with Crippen LogP contribution in [0.25, 0.3) is 0 Å². The summed E-state index contributed by atoms with van der Waals surface area (Å²) in [5.74, 6) is 4.17. The maximum Gasteiger partial charge on any atom is 0.265 e. The zero-order valence-corrected chi connectivity index (χ0v) is 10.00. The third kappa shape index (κ3) is 3.80. The van der Waals surface area contributed by atoms with E-state index in [4.69, 9.17) is 10.6 Å². The van der Waals surface area contributed by atoms with Crippen molar-refractivity contribution in [2.75, 3.05) is 0 Å². The number of benzene rings is 1. The summed E-state index contributed by atoms with van der Waals surface area (Å²) >= 11 is 0. The van der Waals surface area contributed by atoms with Crippen LogP contribution in [0.5, 0.6) is 0 Å². The Labute approximate surface area is 99.9 Å². The smallest absolute Gasteiger partial charge is 0.265 e. The van der Waals surface area contributed by atoms with E-state index < -0.39 is 5.91 Å². The molecule has 1 rings (SSSR count). The van der Waals surface area contributed by atoms with Gasteiger partial charge in [-0.15, -0.1) is 0 Å². The number of hydrazine groups is 1. The summed E-state index contributed by atoms with van der Waals surface area (Å²) in [7, 11) is 0. The first-order valence-electron chi connectivity index (χ1n) is 5.49. The largest absolute Gasteiger partial charge is 0.374 e. The average molecular weight is 240 g/mol. The van der Waals surface area contributed by atoms with Crippen molar-refractivity contribution in [2.45, 2.75) is 33.0 Å². The second-order valence-electron chi connectivity index (χ2n) is 3.81. The van der Waals surface area contributed by atoms with Crippen LogP contribution < -0.4 is 11.3 Å². The van der Waals surface area contributed by atoms with E-state index in [2.05, 4.69) is 0 Å². The number of rotatable bonds is 5. The van der Waals surface area contributed by atoms with Crippen molar-refractivity contribution in [1.82, 2.24) is 5.43 Å². The predicted octanol–water partition coefficient (Wildman–Crippen LogP) is 1.74. The van der Waals surface area contributed by atoms with Crippen LogP contribution >= 0.6 is 0 Å². The van der Waals surface area contributed by atoms with Gasteiger partial charge in [-0.25, -0.2) is 10.2 Å². The van der Waals surface area contributed by atoms with Crippen LogP contribution in [0.2, 0.25) is 0 Å². The summed E-state index contributed by atoms with van der Waals surface area (Å²) in [6, 6.07) is 4.06. The second-order valence-corrected chi connectivity index (χ2v) is 3.81. The molecule has 1 unspecified atom stereocenters. The lowest BCUT2D eigenvalue weighted by atomic mass is 10.1. The lowest BCUT2D eigenvalue weighted by Crippen LogP contribution is -2.30. The molecule has 0 aliphatic heterocycles. The summed E-state index contributed by atoms with van der Waals surface area (Å²) in [5.41, 5.74) is 2.67. The SMILES string of the molecule is CCC(C)OCc1cc(C(=O)NN)ccc1F. The van der Waals surface area contributed by atoms with Gasteiger partial charge in [0.2, 0.25) is 0 Å². The first kappa shape index (κ1) is 13.6. The third-order valence-electron chi connectivity index (χ3n) is 2.54. The highest BCUT2D eigenvalue weighted by atomic mass is 19.1. The summed E-state index contributed by atoms with van der Waals surface area (Å²) in [6.45, 7) is 4.04. The Balaban J connectivity index is 2.80. The van der Waals surface area contributed by atoms with Gasteiger partial charge >= 0.3 is 0 Å². The molecule has 94 valence electrons. The first-order chi connectivity index (χ1) is 8.08. The molecule has 5 heteroatoms. The first-order valence-corrected chi connectivity index (χ1v) is 5.49. The van der Waals surface area contributed by atoms with Crippen LogP contribution in [-0.2, 0) is 11.3 Å². The number of hydrogen-bond acceptors (Lipinski definition) is 3. The van der Waals surface area contributed by atoms with Crippen LogP contribution in [0.3, 0.4) is 0 Å². The van der Waals surface area contributed by atoms with Crippen LogP contribution in [0.4, 0.5) is 4.39 Å². The minimum Gasteiger partial charge on any atom is -0.374 e. The van der Waals surface area contributed by atoms with E-state index >= 15 is 0 Å². The minimum atomic E-state index is -0.449. The van der Waals surface area contributed by atoms with Crippen molar-refractivity contribution in [3.8, 4) is 0 Å². The molecule has 0 aromatic heterocycles. The van der Waals surface area contributed by atoms with E-state index in [0.717, 1.165) is 6.42 Å². The number of nitrogen functional groups attached to an aromatic ring is 1. The van der Waals surface area contributed by atoms with Gasteiger partial charge in [0, 0.05) is 11.1 Å². The van der Waals surface area contributed by atoms with Crippen LogP contribution in [-0.4, -0.2) is 12.0 Å². The zero-order valence-electron chi connectivity index (χ0n) is 10.00. The Kier molecular flexibility index (Phi) is 5.06. The summed E-state index contributed by atoms with van der Waals surface area (Å²) < 4.78 is 18.9. The van der Waals surface area contributed by atoms with E-state index in [-0.39, 0.29) is 18.5 Å². The van der Waals surface area contributed by atoms with Crippen molar-refractivity contribution < 1.29 is 13.9 Å². The molecule has 0 fully saturated rings. The van der Waals surface area contributed by atoms with Gasteiger partial charge in [-0.05, 0) is 31.5 Å². The predicted molar refractivity (Wildman–Crippen MR) is 62.6 cm³/mol. The molecular formula is C12H17FN2O2. The maximum absolute atomic E-state index is 13.4. The Morgan fingerprint density at radius 3 is 2.88 bits per heavy atom. The van der Waals surface area contributed by atoms with Crippen LogP contribution in [0, 0.1) is 5.82 Å². The van der Waals surface area contributed by atoms with Gasteiger partial charge < -0.3 is 4.74 Å². The molecule has 0 heterocycles. The molecule has 0 aliphatic rings. The number of carbonyl (C=O) groups is 1. The van der Waals surface area contributed by atoms with Crippen molar-refractivity contribution in [2.24, 2.45) is 5.84 Å². The molecule has 1 aromatic carbocycles. The van der Waals surface area contributed by atoms with Gasteiger partial charge in [0.05, 0.1) is 12.7 Å². The van der Waals surface area contributed by atoms with Gasteiger partial charge in [0.15, 0.2) is 0 Å². The number of hydrogen-bond donors (Lipinski definition) is 2. The fourth-order valence-corrected chi connectivity index (χ4v) is 1.26. The fourth-order valence-electron chi connectivity index (χ4n) is 1.26. The van der Waals surface area contributed by atoms with E-state index in [0.29, 0.717) is 11.1 Å². The number of ether oxygens (including phenoxy) is 1. The highest BCUT2D eigenvalue weighted by Crippen LogP contribution is 2.13. The van der Waals surface area contributed by atoms with Crippen molar-refractivity contribution in [1.29, 1.82) is 0 Å². The molecular weight excluding hydrogens is 223 g/mol. The van der Waals surface area contributed by atoms with E-state index in [1.807, 2.05) is 19.3 Å². The summed E-state index contributed by atoms with van der Waals surface area (Å²) in [5, 5.41) is 0. The maximum atomic E-state index is 13.4. The number of nitrogens with two attached hydrogens (primary N) is 1. The number of carbonyl (C=O) groups excluding carboxylic acids is 1. The number of halogens is 1. The third-order valence-corrected chi connectivity index (χ3v) is 2.54. The molecule has 0 aliphatic carbocycles. The minimum absolute atomic E-state index is 0.0568. The Hall–Kier alpha value is -1.46. The average Bonchev–Trinajstić information content (AvgIpc) is 2.36. The van der Waals surface area contributed by atoms with Gasteiger partial charge in [-0.3, -0.25) is 10.2 Å². The molecule has 0 saturated carbocycles. The fraction of sp³-hybridized carbons (Fsp3) is 0.417. The Morgan fingerprint density at radius 2 is 2.29 bits per heavy atom. The topological polar surface area (TPSA) is 64.3 Å². The van der Waals surface area contributed by atoms with Crippen molar-refractivity contribution >= 4 is 5.91 Å². The van der Waals surface area contributed by atoms with E-state index in [1.165, 1.54) is 18.2 Å². The molecule has 4 nitrogen and oxygen atoms in total. The molecule has 0 bridgehead atoms. The highest BCUT2D eigenvalue weighted by molar-refractivity contribution is 5.93. The van der Waals surface area contributed by atoms with Crippen molar-refractivity contribution in [3.63, 3.8) is 0 Å². The molecule has 0 saturated heterocycles.